The molecule has 0 aliphatic rings. The van der Waals surface area contributed by atoms with Gasteiger partial charge in [-0.15, -0.1) is 11.3 Å². The number of rotatable bonds is 4. The molecule has 0 saturated carbocycles. The molecule has 0 saturated heterocycles. The van der Waals surface area contributed by atoms with Gasteiger partial charge in [-0.2, -0.15) is 0 Å². The number of carbonyl (C=O) groups is 1. The fourth-order valence-corrected chi connectivity index (χ4v) is 4.23. The number of benzene rings is 3. The van der Waals surface area contributed by atoms with Crippen molar-refractivity contribution in [2.24, 2.45) is 0 Å². The molecule has 0 aliphatic heterocycles. The van der Waals surface area contributed by atoms with Gasteiger partial charge in [0.15, 0.2) is 0 Å². The second-order valence-corrected chi connectivity index (χ2v) is 7.31. The van der Waals surface area contributed by atoms with Gasteiger partial charge in [0.25, 0.3) is 5.91 Å². The fourth-order valence-electron chi connectivity index (χ4n) is 2.97. The van der Waals surface area contributed by atoms with Crippen LogP contribution in [-0.4, -0.2) is 5.91 Å². The zero-order chi connectivity index (χ0) is 18.6. The largest absolute Gasteiger partial charge is 0.321 e. The van der Waals surface area contributed by atoms with Gasteiger partial charge in [0.05, 0.1) is 16.3 Å². The molecule has 27 heavy (non-hydrogen) atoms. The summed E-state index contributed by atoms with van der Waals surface area (Å²) in [6.45, 7) is 0. The first kappa shape index (κ1) is 17.5. The topological polar surface area (TPSA) is 29.1 Å². The molecule has 2 nitrogen and oxygen atoms in total. The number of amides is 1. The molecule has 4 rings (SSSR count). The summed E-state index contributed by atoms with van der Waals surface area (Å²) in [5.74, 6) is -0.166. The zero-order valence-electron chi connectivity index (χ0n) is 14.4. The molecule has 4 heteroatoms. The van der Waals surface area contributed by atoms with Crippen molar-refractivity contribution in [2.75, 3.05) is 5.32 Å². The lowest BCUT2D eigenvalue weighted by Crippen LogP contribution is -2.12. The molecular weight excluding hydrogens is 374 g/mol. The maximum absolute atomic E-state index is 13.0. The minimum atomic E-state index is -0.166. The minimum Gasteiger partial charge on any atom is -0.321 e. The van der Waals surface area contributed by atoms with E-state index in [2.05, 4.69) is 17.4 Å². The number of hydrogen-bond donors (Lipinski definition) is 1. The third kappa shape index (κ3) is 3.65. The van der Waals surface area contributed by atoms with Gasteiger partial charge in [0, 0.05) is 15.8 Å². The number of halogens is 1. The number of nitrogens with one attached hydrogen (secondary N) is 1. The monoisotopic (exact) mass is 389 g/mol. The van der Waals surface area contributed by atoms with Crippen LogP contribution in [0.25, 0.3) is 21.6 Å². The number of anilines is 1. The lowest BCUT2D eigenvalue weighted by Gasteiger charge is -2.10. The van der Waals surface area contributed by atoms with E-state index >= 15 is 0 Å². The molecule has 0 atom stereocenters. The molecule has 0 spiro atoms. The van der Waals surface area contributed by atoms with Crippen molar-refractivity contribution in [1.29, 1.82) is 0 Å². The number of hydrogen-bond acceptors (Lipinski definition) is 2. The zero-order valence-corrected chi connectivity index (χ0v) is 15.9. The Bertz CT molecular complexity index is 1070. The molecule has 132 valence electrons. The van der Waals surface area contributed by atoms with E-state index in [-0.39, 0.29) is 5.91 Å². The lowest BCUT2D eigenvalue weighted by atomic mass is 9.98. The first-order valence-electron chi connectivity index (χ1n) is 8.52. The molecule has 1 heterocycles. The SMILES string of the molecule is O=C(Nc1ccccc1Cl)c1csc(-c2ccccc2)c1-c1ccccc1. The molecule has 0 unspecified atom stereocenters. The van der Waals surface area contributed by atoms with Crippen LogP contribution in [0, 0.1) is 0 Å². The summed E-state index contributed by atoms with van der Waals surface area (Å²) in [5.41, 5.74) is 4.30. The van der Waals surface area contributed by atoms with Gasteiger partial charge in [-0.05, 0) is 23.3 Å². The summed E-state index contributed by atoms with van der Waals surface area (Å²) < 4.78 is 0. The first-order valence-corrected chi connectivity index (χ1v) is 9.78. The standard InChI is InChI=1S/C23H16ClNOS/c24-19-13-7-8-14-20(19)25-23(26)18-15-27-22(17-11-5-2-6-12-17)21(18)16-9-3-1-4-10-16/h1-15H,(H,25,26). The molecule has 0 fully saturated rings. The van der Waals surface area contributed by atoms with Gasteiger partial charge in [-0.25, -0.2) is 0 Å². The summed E-state index contributed by atoms with van der Waals surface area (Å²) in [5, 5.41) is 5.37. The van der Waals surface area contributed by atoms with Crippen LogP contribution in [0.2, 0.25) is 5.02 Å². The molecule has 0 radical (unpaired) electrons. The predicted octanol–water partition coefficient (Wildman–Crippen LogP) is 6.99. The Morgan fingerprint density at radius 3 is 2.04 bits per heavy atom. The van der Waals surface area contributed by atoms with Gasteiger partial charge in [0.1, 0.15) is 0 Å². The average Bonchev–Trinajstić information content (AvgIpc) is 3.16. The van der Waals surface area contributed by atoms with Crippen LogP contribution in [0.1, 0.15) is 10.4 Å². The fraction of sp³-hybridized carbons (Fsp3) is 0. The molecular formula is C23H16ClNOS. The van der Waals surface area contributed by atoms with Crippen molar-refractivity contribution in [3.8, 4) is 21.6 Å². The predicted molar refractivity (Wildman–Crippen MR) is 115 cm³/mol. The smallest absolute Gasteiger partial charge is 0.257 e. The van der Waals surface area contributed by atoms with Gasteiger partial charge in [-0.3, -0.25) is 4.79 Å². The molecule has 1 N–H and O–H groups in total. The van der Waals surface area contributed by atoms with Gasteiger partial charge in [0.2, 0.25) is 0 Å². The molecule has 4 aromatic rings. The highest BCUT2D eigenvalue weighted by Gasteiger charge is 2.20. The maximum Gasteiger partial charge on any atom is 0.257 e. The van der Waals surface area contributed by atoms with Crippen molar-refractivity contribution in [3.63, 3.8) is 0 Å². The van der Waals surface area contributed by atoms with Crippen LogP contribution in [-0.2, 0) is 0 Å². The third-order valence-corrected chi connectivity index (χ3v) is 5.61. The molecule has 1 aromatic heterocycles. The van der Waals surface area contributed by atoms with E-state index in [9.17, 15) is 4.79 Å². The van der Waals surface area contributed by atoms with Crippen molar-refractivity contribution in [1.82, 2.24) is 0 Å². The number of thiophene rings is 1. The van der Waals surface area contributed by atoms with Crippen molar-refractivity contribution in [3.05, 3.63) is 101 Å². The van der Waals surface area contributed by atoms with Crippen LogP contribution < -0.4 is 5.32 Å². The van der Waals surface area contributed by atoms with E-state index in [1.165, 1.54) is 0 Å². The number of carbonyl (C=O) groups excluding carboxylic acids is 1. The van der Waals surface area contributed by atoms with Crippen LogP contribution in [0.15, 0.2) is 90.3 Å². The molecule has 0 aliphatic carbocycles. The van der Waals surface area contributed by atoms with Crippen LogP contribution >= 0.6 is 22.9 Å². The Kier molecular flexibility index (Phi) is 5.05. The second kappa shape index (κ2) is 7.78. The summed E-state index contributed by atoms with van der Waals surface area (Å²) >= 11 is 7.77. The van der Waals surface area contributed by atoms with E-state index in [4.69, 9.17) is 11.6 Å². The van der Waals surface area contributed by atoms with Crippen molar-refractivity contribution < 1.29 is 4.79 Å². The highest BCUT2D eigenvalue weighted by molar-refractivity contribution is 7.14. The van der Waals surface area contributed by atoms with Crippen molar-refractivity contribution >= 4 is 34.5 Å². The van der Waals surface area contributed by atoms with E-state index in [1.54, 1.807) is 23.5 Å². The minimum absolute atomic E-state index is 0.166. The summed E-state index contributed by atoms with van der Waals surface area (Å²) in [4.78, 5) is 14.1. The second-order valence-electron chi connectivity index (χ2n) is 6.02. The normalized spacial score (nSPS) is 10.6. The third-order valence-electron chi connectivity index (χ3n) is 4.26. The molecule has 3 aromatic carbocycles. The molecule has 0 bridgehead atoms. The van der Waals surface area contributed by atoms with Gasteiger partial charge in [-0.1, -0.05) is 84.4 Å². The Hall–Kier alpha value is -2.88. The summed E-state index contributed by atoms with van der Waals surface area (Å²) in [6.07, 6.45) is 0. The van der Waals surface area contributed by atoms with Crippen LogP contribution in [0.4, 0.5) is 5.69 Å². The van der Waals surface area contributed by atoms with Crippen molar-refractivity contribution in [2.45, 2.75) is 0 Å². The Morgan fingerprint density at radius 1 is 0.778 bits per heavy atom. The Balaban J connectivity index is 1.80. The summed E-state index contributed by atoms with van der Waals surface area (Å²) in [7, 11) is 0. The number of para-hydroxylation sites is 1. The highest BCUT2D eigenvalue weighted by atomic mass is 35.5. The van der Waals surface area contributed by atoms with Gasteiger partial charge < -0.3 is 5.32 Å². The first-order chi connectivity index (χ1) is 13.2. The quantitative estimate of drug-likeness (QED) is 0.400. The maximum atomic E-state index is 13.0. The van der Waals surface area contributed by atoms with E-state index in [0.717, 1.165) is 21.6 Å². The van der Waals surface area contributed by atoms with E-state index < -0.39 is 0 Å². The van der Waals surface area contributed by atoms with E-state index in [1.807, 2.05) is 66.0 Å². The van der Waals surface area contributed by atoms with E-state index in [0.29, 0.717) is 16.3 Å². The Morgan fingerprint density at radius 2 is 1.37 bits per heavy atom. The highest BCUT2D eigenvalue weighted by Crippen LogP contribution is 2.40. The average molecular weight is 390 g/mol. The van der Waals surface area contributed by atoms with Gasteiger partial charge >= 0.3 is 0 Å². The lowest BCUT2D eigenvalue weighted by molar-refractivity contribution is 0.102. The Labute approximate surface area is 167 Å². The summed E-state index contributed by atoms with van der Waals surface area (Å²) in [6, 6.07) is 27.4. The molecule has 1 amide bonds. The van der Waals surface area contributed by atoms with Crippen LogP contribution in [0.3, 0.4) is 0 Å². The van der Waals surface area contributed by atoms with Crippen LogP contribution in [0.5, 0.6) is 0 Å².